The van der Waals surface area contributed by atoms with Crippen molar-refractivity contribution in [2.24, 2.45) is 0 Å². The van der Waals surface area contributed by atoms with Crippen LogP contribution in [0.25, 0.3) is 11.0 Å². The topological polar surface area (TPSA) is 86.9 Å². The van der Waals surface area contributed by atoms with E-state index < -0.39 is 6.04 Å². The number of aromatic nitrogens is 2. The van der Waals surface area contributed by atoms with Crippen molar-refractivity contribution in [2.75, 3.05) is 17.3 Å². The van der Waals surface area contributed by atoms with Crippen molar-refractivity contribution in [3.05, 3.63) is 58.6 Å². The third-order valence-corrected chi connectivity index (χ3v) is 5.32. The second-order valence-corrected chi connectivity index (χ2v) is 7.72. The van der Waals surface area contributed by atoms with E-state index in [1.165, 1.54) is 0 Å². The molecule has 0 aliphatic carbocycles. The number of aromatic amines is 1. The van der Waals surface area contributed by atoms with Crippen molar-refractivity contribution in [2.45, 2.75) is 12.5 Å². The highest BCUT2D eigenvalue weighted by atomic mass is 79.9. The van der Waals surface area contributed by atoms with Gasteiger partial charge in [0.25, 0.3) is 5.91 Å². The summed E-state index contributed by atoms with van der Waals surface area (Å²) in [5.41, 5.74) is 2.10. The molecular formula is C19H19BrN4O2S. The fourth-order valence-corrected chi connectivity index (χ4v) is 3.54. The summed E-state index contributed by atoms with van der Waals surface area (Å²) in [6.45, 7) is 0. The van der Waals surface area contributed by atoms with Gasteiger partial charge in [-0.15, -0.1) is 0 Å². The van der Waals surface area contributed by atoms with Crippen molar-refractivity contribution >= 4 is 56.5 Å². The van der Waals surface area contributed by atoms with Crippen molar-refractivity contribution in [3.63, 3.8) is 0 Å². The van der Waals surface area contributed by atoms with Crippen LogP contribution in [0, 0.1) is 0 Å². The summed E-state index contributed by atoms with van der Waals surface area (Å²) in [5.74, 6) is 0.511. The fraction of sp³-hybridized carbons (Fsp3) is 0.211. The average Bonchev–Trinajstić information content (AvgIpc) is 3.07. The van der Waals surface area contributed by atoms with Crippen molar-refractivity contribution in [3.8, 4) is 0 Å². The Hall–Kier alpha value is -2.32. The molecular weight excluding hydrogens is 428 g/mol. The molecule has 3 aromatic rings. The quantitative estimate of drug-likeness (QED) is 0.514. The maximum Gasteiger partial charge on any atom is 0.253 e. The third-order valence-electron chi connectivity index (χ3n) is 3.98. The van der Waals surface area contributed by atoms with Crippen LogP contribution in [0.4, 0.5) is 5.95 Å². The summed E-state index contributed by atoms with van der Waals surface area (Å²) in [6, 6.07) is 14.0. The molecule has 1 unspecified atom stereocenters. The number of benzene rings is 2. The van der Waals surface area contributed by atoms with Crippen molar-refractivity contribution in [1.29, 1.82) is 0 Å². The summed E-state index contributed by atoms with van der Waals surface area (Å²) in [4.78, 5) is 32.7. The van der Waals surface area contributed by atoms with Gasteiger partial charge in [-0.2, -0.15) is 11.8 Å². The molecule has 0 spiro atoms. The number of fused-ring (bicyclic) bond motifs is 1. The predicted octanol–water partition coefficient (Wildman–Crippen LogP) is 3.82. The Morgan fingerprint density at radius 1 is 1.19 bits per heavy atom. The number of thioether (sulfide) groups is 1. The van der Waals surface area contributed by atoms with Crippen molar-refractivity contribution < 1.29 is 9.59 Å². The number of amides is 2. The van der Waals surface area contributed by atoms with Gasteiger partial charge >= 0.3 is 0 Å². The molecule has 1 heterocycles. The number of nitrogens with zero attached hydrogens (tertiary/aromatic N) is 1. The van der Waals surface area contributed by atoms with E-state index in [0.717, 1.165) is 16.8 Å². The number of H-pyrrole nitrogens is 1. The zero-order valence-electron chi connectivity index (χ0n) is 14.7. The summed E-state index contributed by atoms with van der Waals surface area (Å²) in [6.07, 6.45) is 2.48. The number of carbonyl (C=O) groups is 2. The zero-order chi connectivity index (χ0) is 19.2. The lowest BCUT2D eigenvalue weighted by atomic mass is 10.1. The number of halogens is 1. The number of anilines is 1. The highest BCUT2D eigenvalue weighted by molar-refractivity contribution is 9.10. The van der Waals surface area contributed by atoms with Crippen LogP contribution in [0.2, 0.25) is 0 Å². The molecule has 0 bridgehead atoms. The number of imidazole rings is 1. The largest absolute Gasteiger partial charge is 0.340 e. The molecule has 1 atom stereocenters. The Balaban J connectivity index is 1.73. The number of nitrogens with one attached hydrogen (secondary N) is 3. The SMILES string of the molecule is CSCCC(NC(=O)c1ccccc1Br)C(=O)Nc1nc2ccccc2[nH]1. The summed E-state index contributed by atoms with van der Waals surface area (Å²) >= 11 is 4.99. The molecule has 1 aromatic heterocycles. The molecule has 0 saturated heterocycles. The van der Waals surface area contributed by atoms with Crippen LogP contribution in [0.1, 0.15) is 16.8 Å². The first kappa shape index (κ1) is 19.4. The summed E-state index contributed by atoms with van der Waals surface area (Å²) < 4.78 is 0.684. The molecule has 8 heteroatoms. The Kier molecular flexibility index (Phi) is 6.52. The zero-order valence-corrected chi connectivity index (χ0v) is 17.1. The molecule has 2 amide bonds. The second-order valence-electron chi connectivity index (χ2n) is 5.88. The highest BCUT2D eigenvalue weighted by Crippen LogP contribution is 2.17. The van der Waals surface area contributed by atoms with Gasteiger partial charge in [-0.05, 0) is 58.6 Å². The van der Waals surface area contributed by atoms with E-state index in [0.29, 0.717) is 22.4 Å². The Morgan fingerprint density at radius 3 is 2.67 bits per heavy atom. The van der Waals surface area contributed by atoms with E-state index in [1.54, 1.807) is 30.0 Å². The van der Waals surface area contributed by atoms with Crippen LogP contribution in [0.3, 0.4) is 0 Å². The van der Waals surface area contributed by atoms with E-state index in [9.17, 15) is 9.59 Å². The number of hydrogen-bond acceptors (Lipinski definition) is 4. The van der Waals surface area contributed by atoms with Gasteiger partial charge in [-0.25, -0.2) is 4.98 Å². The van der Waals surface area contributed by atoms with Crippen LogP contribution < -0.4 is 10.6 Å². The molecule has 0 aliphatic heterocycles. The summed E-state index contributed by atoms with van der Waals surface area (Å²) in [5, 5.41) is 5.60. The highest BCUT2D eigenvalue weighted by Gasteiger charge is 2.23. The maximum absolute atomic E-state index is 12.7. The molecule has 140 valence electrons. The van der Waals surface area contributed by atoms with E-state index in [2.05, 4.69) is 36.5 Å². The second kappa shape index (κ2) is 9.05. The minimum absolute atomic E-state index is 0.298. The number of hydrogen-bond donors (Lipinski definition) is 3. The molecule has 3 N–H and O–H groups in total. The first-order chi connectivity index (χ1) is 13.1. The van der Waals surface area contributed by atoms with Gasteiger partial charge in [0.2, 0.25) is 11.9 Å². The van der Waals surface area contributed by atoms with Crippen LogP contribution >= 0.6 is 27.7 Å². The lowest BCUT2D eigenvalue weighted by molar-refractivity contribution is -0.118. The van der Waals surface area contributed by atoms with Crippen LogP contribution in [0.5, 0.6) is 0 Å². The van der Waals surface area contributed by atoms with Gasteiger partial charge < -0.3 is 10.3 Å². The first-order valence-corrected chi connectivity index (χ1v) is 10.6. The molecule has 6 nitrogen and oxygen atoms in total. The third kappa shape index (κ3) is 4.90. The van der Waals surface area contributed by atoms with Crippen LogP contribution in [-0.2, 0) is 4.79 Å². The smallest absolute Gasteiger partial charge is 0.253 e. The van der Waals surface area contributed by atoms with Gasteiger partial charge in [0.1, 0.15) is 6.04 Å². The van der Waals surface area contributed by atoms with Crippen LogP contribution in [0.15, 0.2) is 53.0 Å². The minimum Gasteiger partial charge on any atom is -0.340 e. The Bertz CT molecular complexity index is 927. The van der Waals surface area contributed by atoms with Gasteiger partial charge in [0.05, 0.1) is 16.6 Å². The molecule has 27 heavy (non-hydrogen) atoms. The molecule has 0 fully saturated rings. The molecule has 0 saturated carbocycles. The van der Waals surface area contributed by atoms with Gasteiger partial charge in [-0.1, -0.05) is 24.3 Å². The normalized spacial score (nSPS) is 11.9. The van der Waals surface area contributed by atoms with Crippen molar-refractivity contribution in [1.82, 2.24) is 15.3 Å². The van der Waals surface area contributed by atoms with Gasteiger partial charge in [0.15, 0.2) is 0 Å². The maximum atomic E-state index is 12.7. The molecule has 0 aliphatic rings. The van der Waals surface area contributed by atoms with Gasteiger partial charge in [0, 0.05) is 4.47 Å². The van der Waals surface area contributed by atoms with Gasteiger partial charge in [-0.3, -0.25) is 14.9 Å². The lowest BCUT2D eigenvalue weighted by Gasteiger charge is -2.18. The minimum atomic E-state index is -0.662. The van der Waals surface area contributed by atoms with E-state index >= 15 is 0 Å². The van der Waals surface area contributed by atoms with E-state index in [4.69, 9.17) is 0 Å². The lowest BCUT2D eigenvalue weighted by Crippen LogP contribution is -2.44. The first-order valence-electron chi connectivity index (χ1n) is 8.38. The molecule has 2 aromatic carbocycles. The Morgan fingerprint density at radius 2 is 1.93 bits per heavy atom. The molecule has 0 radical (unpaired) electrons. The fourth-order valence-electron chi connectivity index (χ4n) is 2.60. The number of carbonyl (C=O) groups excluding carboxylic acids is 2. The van der Waals surface area contributed by atoms with E-state index in [-0.39, 0.29) is 11.8 Å². The number of rotatable bonds is 7. The van der Waals surface area contributed by atoms with E-state index in [1.807, 2.05) is 36.6 Å². The monoisotopic (exact) mass is 446 g/mol. The average molecular weight is 447 g/mol. The predicted molar refractivity (Wildman–Crippen MR) is 113 cm³/mol. The Labute approximate surface area is 169 Å². The standard InChI is InChI=1S/C19H19BrN4O2S/c1-27-11-10-16(21-17(25)12-6-2-3-7-13(12)20)18(26)24-19-22-14-8-4-5-9-15(14)23-19/h2-9,16H,10-11H2,1H3,(H,21,25)(H2,22,23,24,26). The molecule has 3 rings (SSSR count). The summed E-state index contributed by atoms with van der Waals surface area (Å²) in [7, 11) is 0. The number of para-hydroxylation sites is 2. The van der Waals surface area contributed by atoms with Crippen LogP contribution in [-0.4, -0.2) is 39.8 Å².